The molecule has 0 aliphatic rings. The van der Waals surface area contributed by atoms with Gasteiger partial charge in [-0.05, 0) is 12.1 Å². The molecule has 0 saturated heterocycles. The van der Waals surface area contributed by atoms with Gasteiger partial charge in [0, 0.05) is 4.90 Å². The molecule has 52 valence electrons. The molecular formula is C7H7NOS. The zero-order valence-electron chi connectivity index (χ0n) is 5.24. The van der Waals surface area contributed by atoms with Gasteiger partial charge in [-0.15, -0.1) is 12.6 Å². The van der Waals surface area contributed by atoms with Crippen molar-refractivity contribution in [2.75, 3.05) is 5.32 Å². The second-order valence-electron chi connectivity index (χ2n) is 1.78. The Morgan fingerprint density at radius 2 is 2.10 bits per heavy atom. The van der Waals surface area contributed by atoms with Crippen molar-refractivity contribution in [3.63, 3.8) is 0 Å². The quantitative estimate of drug-likeness (QED) is 0.490. The largest absolute Gasteiger partial charge is 0.328 e. The lowest BCUT2D eigenvalue weighted by molar-refractivity contribution is -0.105. The molecular weight excluding hydrogens is 146 g/mol. The topological polar surface area (TPSA) is 29.1 Å². The summed E-state index contributed by atoms with van der Waals surface area (Å²) in [7, 11) is 0. The van der Waals surface area contributed by atoms with Gasteiger partial charge in [0.15, 0.2) is 0 Å². The number of anilines is 1. The lowest BCUT2D eigenvalue weighted by atomic mass is 10.3. The van der Waals surface area contributed by atoms with Gasteiger partial charge in [0.25, 0.3) is 0 Å². The highest BCUT2D eigenvalue weighted by Crippen LogP contribution is 2.17. The summed E-state index contributed by atoms with van der Waals surface area (Å²) in [6.45, 7) is 0. The van der Waals surface area contributed by atoms with Crippen molar-refractivity contribution in [1.29, 1.82) is 0 Å². The molecule has 1 amide bonds. The zero-order chi connectivity index (χ0) is 7.40. The monoisotopic (exact) mass is 153 g/mol. The number of hydrogen-bond acceptors (Lipinski definition) is 2. The van der Waals surface area contributed by atoms with E-state index in [0.717, 1.165) is 10.6 Å². The standard InChI is InChI=1S/C7H7NOS/c9-5-8-6-3-1-2-4-7(6)10/h1-5,10H,(H,8,9). The summed E-state index contributed by atoms with van der Waals surface area (Å²) in [6.07, 6.45) is 0.634. The third kappa shape index (κ3) is 1.51. The SMILES string of the molecule is O=CNc1ccccc1S. The Balaban J connectivity index is 2.91. The van der Waals surface area contributed by atoms with E-state index in [9.17, 15) is 4.79 Å². The van der Waals surface area contributed by atoms with Crippen molar-refractivity contribution in [2.45, 2.75) is 4.90 Å². The van der Waals surface area contributed by atoms with Crippen LogP contribution in [0.1, 0.15) is 0 Å². The first kappa shape index (κ1) is 7.15. The van der Waals surface area contributed by atoms with Crippen molar-refractivity contribution in [2.24, 2.45) is 0 Å². The van der Waals surface area contributed by atoms with Gasteiger partial charge in [-0.2, -0.15) is 0 Å². The van der Waals surface area contributed by atoms with Crippen LogP contribution in [0.3, 0.4) is 0 Å². The van der Waals surface area contributed by atoms with Gasteiger partial charge in [0.1, 0.15) is 0 Å². The number of benzene rings is 1. The molecule has 1 N–H and O–H groups in total. The summed E-state index contributed by atoms with van der Waals surface area (Å²) in [6, 6.07) is 7.30. The van der Waals surface area contributed by atoms with Crippen molar-refractivity contribution in [1.82, 2.24) is 0 Å². The van der Waals surface area contributed by atoms with E-state index in [1.54, 1.807) is 6.07 Å². The highest BCUT2D eigenvalue weighted by Gasteiger charge is 1.92. The lowest BCUT2D eigenvalue weighted by Gasteiger charge is -1.99. The molecule has 0 atom stereocenters. The lowest BCUT2D eigenvalue weighted by Crippen LogP contribution is -1.93. The van der Waals surface area contributed by atoms with Gasteiger partial charge in [-0.25, -0.2) is 0 Å². The summed E-state index contributed by atoms with van der Waals surface area (Å²) >= 11 is 4.11. The highest BCUT2D eigenvalue weighted by atomic mass is 32.1. The fourth-order valence-electron chi connectivity index (χ4n) is 0.659. The molecule has 1 aromatic rings. The average molecular weight is 153 g/mol. The molecule has 0 bridgehead atoms. The number of carbonyl (C=O) groups is 1. The molecule has 0 spiro atoms. The van der Waals surface area contributed by atoms with E-state index in [4.69, 9.17) is 0 Å². The van der Waals surface area contributed by atoms with E-state index >= 15 is 0 Å². The first-order chi connectivity index (χ1) is 4.84. The van der Waals surface area contributed by atoms with E-state index < -0.39 is 0 Å². The normalized spacial score (nSPS) is 8.90. The van der Waals surface area contributed by atoms with Crippen LogP contribution in [-0.2, 0) is 4.79 Å². The average Bonchev–Trinajstić information content (AvgIpc) is 1.94. The van der Waals surface area contributed by atoms with Crippen molar-refractivity contribution >= 4 is 24.7 Å². The van der Waals surface area contributed by atoms with Crippen LogP contribution in [0.5, 0.6) is 0 Å². The molecule has 0 saturated carbocycles. The number of thiol groups is 1. The molecule has 0 unspecified atom stereocenters. The summed E-state index contributed by atoms with van der Waals surface area (Å²) in [5, 5.41) is 2.52. The van der Waals surface area contributed by atoms with Crippen LogP contribution in [-0.4, -0.2) is 6.41 Å². The Labute approximate surface area is 64.7 Å². The van der Waals surface area contributed by atoms with Crippen molar-refractivity contribution in [3.05, 3.63) is 24.3 Å². The minimum Gasteiger partial charge on any atom is -0.328 e. The van der Waals surface area contributed by atoms with Crippen LogP contribution in [0.4, 0.5) is 5.69 Å². The van der Waals surface area contributed by atoms with E-state index in [0.29, 0.717) is 6.41 Å². The molecule has 0 radical (unpaired) electrons. The van der Waals surface area contributed by atoms with Crippen LogP contribution in [0.2, 0.25) is 0 Å². The first-order valence-corrected chi connectivity index (χ1v) is 3.27. The predicted molar refractivity (Wildman–Crippen MR) is 43.4 cm³/mol. The molecule has 0 heterocycles. The molecule has 1 aromatic carbocycles. The first-order valence-electron chi connectivity index (χ1n) is 2.83. The predicted octanol–water partition coefficient (Wildman–Crippen LogP) is 1.54. The van der Waals surface area contributed by atoms with E-state index in [-0.39, 0.29) is 0 Å². The van der Waals surface area contributed by atoms with Crippen molar-refractivity contribution < 1.29 is 4.79 Å². The maximum Gasteiger partial charge on any atom is 0.211 e. The molecule has 0 aliphatic heterocycles. The molecule has 2 nitrogen and oxygen atoms in total. The van der Waals surface area contributed by atoms with Crippen LogP contribution in [0.15, 0.2) is 29.2 Å². The summed E-state index contributed by atoms with van der Waals surface area (Å²) in [4.78, 5) is 10.8. The van der Waals surface area contributed by atoms with Gasteiger partial charge in [-0.3, -0.25) is 4.79 Å². The maximum absolute atomic E-state index is 9.98. The minimum absolute atomic E-state index is 0.634. The smallest absolute Gasteiger partial charge is 0.211 e. The molecule has 0 aromatic heterocycles. The van der Waals surface area contributed by atoms with Crippen LogP contribution in [0, 0.1) is 0 Å². The summed E-state index contributed by atoms with van der Waals surface area (Å²) in [5.41, 5.74) is 0.737. The second kappa shape index (κ2) is 3.27. The van der Waals surface area contributed by atoms with Crippen LogP contribution < -0.4 is 5.32 Å². The van der Waals surface area contributed by atoms with E-state index in [2.05, 4.69) is 17.9 Å². The Hall–Kier alpha value is -0.960. The molecule has 0 fully saturated rings. The second-order valence-corrected chi connectivity index (χ2v) is 2.26. The molecule has 3 heteroatoms. The maximum atomic E-state index is 9.98. The van der Waals surface area contributed by atoms with E-state index in [1.807, 2.05) is 18.2 Å². The van der Waals surface area contributed by atoms with Crippen LogP contribution in [0.25, 0.3) is 0 Å². The number of amides is 1. The van der Waals surface area contributed by atoms with Gasteiger partial charge in [-0.1, -0.05) is 12.1 Å². The fraction of sp³-hybridized carbons (Fsp3) is 0. The third-order valence-electron chi connectivity index (χ3n) is 1.12. The summed E-state index contributed by atoms with van der Waals surface area (Å²) in [5.74, 6) is 0. The van der Waals surface area contributed by atoms with Gasteiger partial charge in [0.2, 0.25) is 6.41 Å². The number of rotatable bonds is 2. The Kier molecular flexibility index (Phi) is 2.34. The number of nitrogens with one attached hydrogen (secondary N) is 1. The molecule has 1 rings (SSSR count). The number of para-hydroxylation sites is 1. The van der Waals surface area contributed by atoms with Crippen LogP contribution >= 0.6 is 12.6 Å². The Morgan fingerprint density at radius 1 is 1.40 bits per heavy atom. The summed E-state index contributed by atoms with van der Waals surface area (Å²) < 4.78 is 0. The van der Waals surface area contributed by atoms with Gasteiger partial charge >= 0.3 is 0 Å². The molecule has 0 aliphatic carbocycles. The van der Waals surface area contributed by atoms with Crippen molar-refractivity contribution in [3.8, 4) is 0 Å². The fourth-order valence-corrected chi connectivity index (χ4v) is 0.884. The Bertz CT molecular complexity index is 237. The zero-order valence-corrected chi connectivity index (χ0v) is 6.14. The molecule has 10 heavy (non-hydrogen) atoms. The highest BCUT2D eigenvalue weighted by molar-refractivity contribution is 7.80. The minimum atomic E-state index is 0.634. The number of carbonyl (C=O) groups excluding carboxylic acids is 1. The Morgan fingerprint density at radius 3 is 2.70 bits per heavy atom. The van der Waals surface area contributed by atoms with E-state index in [1.165, 1.54) is 0 Å². The number of hydrogen-bond donors (Lipinski definition) is 2. The van der Waals surface area contributed by atoms with Gasteiger partial charge in [0.05, 0.1) is 5.69 Å². The van der Waals surface area contributed by atoms with Gasteiger partial charge < -0.3 is 5.32 Å². The third-order valence-corrected chi connectivity index (χ3v) is 1.51.